The number of fused-ring (bicyclic) bond motifs is 1. The molecule has 0 N–H and O–H groups in total. The van der Waals surface area contributed by atoms with Gasteiger partial charge in [-0.15, -0.1) is 0 Å². The first-order chi connectivity index (χ1) is 8.37. The molecule has 0 aliphatic heterocycles. The molecule has 0 radical (unpaired) electrons. The molecule has 2 aromatic heterocycles. The van der Waals surface area contributed by atoms with Gasteiger partial charge in [-0.2, -0.15) is 18.3 Å². The standard InChI is InChI=1S/C11H13F3N4/c1-8-7-9-10(15-4-6-18(9)16-8)17(2)5-3-11(12,13)14/h4,6-7H,3,5H2,1-2H3. The van der Waals surface area contributed by atoms with Crippen LogP contribution in [0, 0.1) is 6.92 Å². The van der Waals surface area contributed by atoms with Crippen LogP contribution < -0.4 is 4.90 Å². The van der Waals surface area contributed by atoms with Crippen molar-refractivity contribution in [1.29, 1.82) is 0 Å². The van der Waals surface area contributed by atoms with Crippen LogP contribution in [-0.2, 0) is 0 Å². The zero-order chi connectivity index (χ0) is 13.3. The van der Waals surface area contributed by atoms with Gasteiger partial charge >= 0.3 is 6.18 Å². The Bertz CT molecular complexity index is 547. The van der Waals surface area contributed by atoms with E-state index in [1.807, 2.05) is 6.92 Å². The maximum absolute atomic E-state index is 12.2. The first-order valence-corrected chi connectivity index (χ1v) is 5.46. The Balaban J connectivity index is 2.24. The average Bonchev–Trinajstić information content (AvgIpc) is 2.64. The van der Waals surface area contributed by atoms with Crippen molar-refractivity contribution in [3.05, 3.63) is 24.2 Å². The summed E-state index contributed by atoms with van der Waals surface area (Å²) in [4.78, 5) is 5.61. The van der Waals surface area contributed by atoms with Crippen molar-refractivity contribution in [3.8, 4) is 0 Å². The Kier molecular flexibility index (Phi) is 3.14. The van der Waals surface area contributed by atoms with E-state index in [-0.39, 0.29) is 6.54 Å². The largest absolute Gasteiger partial charge is 0.390 e. The number of halogens is 3. The van der Waals surface area contributed by atoms with Crippen molar-refractivity contribution in [3.63, 3.8) is 0 Å². The van der Waals surface area contributed by atoms with E-state index in [0.717, 1.165) is 5.69 Å². The van der Waals surface area contributed by atoms with Gasteiger partial charge in [0.2, 0.25) is 0 Å². The molecule has 2 heterocycles. The lowest BCUT2D eigenvalue weighted by Crippen LogP contribution is -2.25. The summed E-state index contributed by atoms with van der Waals surface area (Å²) in [5.74, 6) is 0.502. The van der Waals surface area contributed by atoms with Crippen LogP contribution in [0.25, 0.3) is 5.52 Å². The van der Waals surface area contributed by atoms with Crippen LogP contribution in [0.1, 0.15) is 12.1 Å². The molecule has 0 aliphatic rings. The van der Waals surface area contributed by atoms with Crippen LogP contribution in [0.3, 0.4) is 0 Å². The molecule has 0 unspecified atom stereocenters. The third kappa shape index (κ3) is 2.72. The highest BCUT2D eigenvalue weighted by atomic mass is 19.4. The fourth-order valence-electron chi connectivity index (χ4n) is 1.73. The van der Waals surface area contributed by atoms with E-state index < -0.39 is 12.6 Å². The van der Waals surface area contributed by atoms with Gasteiger partial charge in [0.1, 0.15) is 5.52 Å². The Hall–Kier alpha value is -1.79. The van der Waals surface area contributed by atoms with Gasteiger partial charge in [0.15, 0.2) is 5.82 Å². The van der Waals surface area contributed by atoms with E-state index in [2.05, 4.69) is 10.1 Å². The molecule has 0 fully saturated rings. The summed E-state index contributed by atoms with van der Waals surface area (Å²) in [6.45, 7) is 1.70. The minimum atomic E-state index is -4.16. The van der Waals surface area contributed by atoms with E-state index in [0.29, 0.717) is 11.3 Å². The van der Waals surface area contributed by atoms with E-state index >= 15 is 0 Å². The number of nitrogens with zero attached hydrogens (tertiary/aromatic N) is 4. The molecule has 0 spiro atoms. The topological polar surface area (TPSA) is 33.4 Å². The second-order valence-corrected chi connectivity index (χ2v) is 4.15. The van der Waals surface area contributed by atoms with Crippen molar-refractivity contribution in [2.75, 3.05) is 18.5 Å². The lowest BCUT2D eigenvalue weighted by molar-refractivity contribution is -0.132. The maximum Gasteiger partial charge on any atom is 0.390 e. The second kappa shape index (κ2) is 4.47. The summed E-state index contributed by atoms with van der Waals surface area (Å²) < 4.78 is 38.2. The van der Waals surface area contributed by atoms with Gasteiger partial charge in [-0.05, 0) is 13.0 Å². The Morgan fingerprint density at radius 1 is 1.39 bits per heavy atom. The molecule has 0 bridgehead atoms. The molecule has 4 nitrogen and oxygen atoms in total. The molecule has 0 aliphatic carbocycles. The van der Waals surface area contributed by atoms with E-state index in [9.17, 15) is 13.2 Å². The van der Waals surface area contributed by atoms with E-state index in [4.69, 9.17) is 0 Å². The predicted molar refractivity (Wildman–Crippen MR) is 61.7 cm³/mol. The summed E-state index contributed by atoms with van der Waals surface area (Å²) in [5.41, 5.74) is 1.51. The molecule has 2 rings (SSSR count). The maximum atomic E-state index is 12.2. The first-order valence-electron chi connectivity index (χ1n) is 5.46. The Morgan fingerprint density at radius 2 is 2.11 bits per heavy atom. The number of rotatable bonds is 3. The van der Waals surface area contributed by atoms with Gasteiger partial charge < -0.3 is 4.90 Å². The average molecular weight is 258 g/mol. The summed E-state index contributed by atoms with van der Waals surface area (Å²) in [5, 5.41) is 4.19. The number of anilines is 1. The molecule has 2 aromatic rings. The molecular formula is C11H13F3N4. The molecule has 0 aromatic carbocycles. The first kappa shape index (κ1) is 12.7. The fraction of sp³-hybridized carbons (Fsp3) is 0.455. The van der Waals surface area contributed by atoms with Crippen molar-refractivity contribution in [2.45, 2.75) is 19.5 Å². The summed E-state index contributed by atoms with van der Waals surface area (Å²) in [6.07, 6.45) is -1.82. The van der Waals surface area contributed by atoms with E-state index in [1.165, 1.54) is 11.1 Å². The van der Waals surface area contributed by atoms with Crippen molar-refractivity contribution < 1.29 is 13.2 Å². The molecule has 0 saturated heterocycles. The highest BCUT2D eigenvalue weighted by Crippen LogP contribution is 2.23. The van der Waals surface area contributed by atoms with Crippen molar-refractivity contribution in [2.24, 2.45) is 0 Å². The SMILES string of the molecule is Cc1cc2c(N(C)CCC(F)(F)F)nccn2n1. The van der Waals surface area contributed by atoms with Gasteiger partial charge in [0, 0.05) is 26.0 Å². The van der Waals surface area contributed by atoms with E-state index in [1.54, 1.807) is 23.8 Å². The van der Waals surface area contributed by atoms with Crippen LogP contribution >= 0.6 is 0 Å². The van der Waals surface area contributed by atoms with Crippen LogP contribution in [0.15, 0.2) is 18.5 Å². The number of hydrogen-bond donors (Lipinski definition) is 0. The van der Waals surface area contributed by atoms with Crippen LogP contribution in [0.2, 0.25) is 0 Å². The Labute approximate surface area is 102 Å². The molecule has 0 atom stereocenters. The Morgan fingerprint density at radius 3 is 2.78 bits per heavy atom. The zero-order valence-electron chi connectivity index (χ0n) is 10.1. The molecule has 18 heavy (non-hydrogen) atoms. The quantitative estimate of drug-likeness (QED) is 0.847. The van der Waals surface area contributed by atoms with Crippen LogP contribution in [0.4, 0.5) is 19.0 Å². The predicted octanol–water partition coefficient (Wildman–Crippen LogP) is 2.43. The smallest absolute Gasteiger partial charge is 0.358 e. The molecule has 98 valence electrons. The monoisotopic (exact) mass is 258 g/mol. The van der Waals surface area contributed by atoms with Crippen molar-refractivity contribution in [1.82, 2.24) is 14.6 Å². The third-order valence-electron chi connectivity index (χ3n) is 2.58. The second-order valence-electron chi connectivity index (χ2n) is 4.15. The molecule has 0 amide bonds. The normalized spacial score (nSPS) is 12.1. The minimum Gasteiger partial charge on any atom is -0.358 e. The van der Waals surface area contributed by atoms with Gasteiger partial charge in [0.05, 0.1) is 12.1 Å². The third-order valence-corrected chi connectivity index (χ3v) is 2.58. The van der Waals surface area contributed by atoms with Gasteiger partial charge in [0.25, 0.3) is 0 Å². The minimum absolute atomic E-state index is 0.125. The lowest BCUT2D eigenvalue weighted by Gasteiger charge is -2.19. The van der Waals surface area contributed by atoms with Crippen molar-refractivity contribution >= 4 is 11.3 Å². The number of aryl methyl sites for hydroxylation is 1. The highest BCUT2D eigenvalue weighted by molar-refractivity contribution is 5.68. The highest BCUT2D eigenvalue weighted by Gasteiger charge is 2.27. The molecule has 7 heteroatoms. The van der Waals surface area contributed by atoms with Gasteiger partial charge in [-0.1, -0.05) is 0 Å². The summed E-state index contributed by atoms with van der Waals surface area (Å²) in [7, 11) is 1.59. The summed E-state index contributed by atoms with van der Waals surface area (Å²) >= 11 is 0. The lowest BCUT2D eigenvalue weighted by atomic mass is 10.3. The summed E-state index contributed by atoms with van der Waals surface area (Å²) in [6, 6.07) is 1.80. The number of aromatic nitrogens is 3. The number of alkyl halides is 3. The number of hydrogen-bond acceptors (Lipinski definition) is 3. The van der Waals surface area contributed by atoms with Crippen LogP contribution in [0.5, 0.6) is 0 Å². The van der Waals surface area contributed by atoms with Crippen LogP contribution in [-0.4, -0.2) is 34.4 Å². The fourth-order valence-corrected chi connectivity index (χ4v) is 1.73. The molecular weight excluding hydrogens is 245 g/mol. The molecule has 0 saturated carbocycles. The zero-order valence-corrected chi connectivity index (χ0v) is 10.1. The van der Waals surface area contributed by atoms with Gasteiger partial charge in [-0.3, -0.25) is 0 Å². The van der Waals surface area contributed by atoms with Gasteiger partial charge in [-0.25, -0.2) is 9.50 Å².